The average molecular weight is 434 g/mol. The van der Waals surface area contributed by atoms with Gasteiger partial charge in [-0.25, -0.2) is 0 Å². The molecule has 1 amide bonds. The van der Waals surface area contributed by atoms with Gasteiger partial charge in [0.2, 0.25) is 5.91 Å². The summed E-state index contributed by atoms with van der Waals surface area (Å²) in [5, 5.41) is 2.84. The standard InChI is InChI=1S/C25H39NO5/c1-5-6-7-8-9-11-23-13-15-24(16-14-23)12-10-17-25(26-20(2)27,18-30-21(3)28)19-31-22(4)29/h13-16H,5-12,17-19H2,1-4H3,(H,26,27). The van der Waals surface area contributed by atoms with Crippen molar-refractivity contribution in [3.05, 3.63) is 35.4 Å². The van der Waals surface area contributed by atoms with Crippen molar-refractivity contribution in [3.63, 3.8) is 0 Å². The zero-order valence-corrected chi connectivity index (χ0v) is 19.6. The molecule has 0 saturated carbocycles. The molecule has 0 aromatic heterocycles. The van der Waals surface area contributed by atoms with Crippen molar-refractivity contribution in [2.45, 2.75) is 91.0 Å². The topological polar surface area (TPSA) is 81.7 Å². The van der Waals surface area contributed by atoms with Crippen LogP contribution in [0.3, 0.4) is 0 Å². The summed E-state index contributed by atoms with van der Waals surface area (Å²) in [6, 6.07) is 8.68. The van der Waals surface area contributed by atoms with Crippen LogP contribution in [-0.2, 0) is 36.7 Å². The van der Waals surface area contributed by atoms with Crippen LogP contribution >= 0.6 is 0 Å². The fourth-order valence-corrected chi connectivity index (χ4v) is 3.61. The molecule has 0 unspecified atom stereocenters. The van der Waals surface area contributed by atoms with Gasteiger partial charge in [0.05, 0.1) is 0 Å². The van der Waals surface area contributed by atoms with Gasteiger partial charge in [0.1, 0.15) is 18.8 Å². The molecule has 1 N–H and O–H groups in total. The molecular weight excluding hydrogens is 394 g/mol. The monoisotopic (exact) mass is 433 g/mol. The summed E-state index contributed by atoms with van der Waals surface area (Å²) in [6.45, 7) is 6.19. The lowest BCUT2D eigenvalue weighted by molar-refractivity contribution is -0.150. The van der Waals surface area contributed by atoms with Gasteiger partial charge < -0.3 is 14.8 Å². The zero-order valence-electron chi connectivity index (χ0n) is 19.6. The number of hydrogen-bond acceptors (Lipinski definition) is 5. The lowest BCUT2D eigenvalue weighted by Crippen LogP contribution is -2.55. The Morgan fingerprint density at radius 1 is 0.774 bits per heavy atom. The molecule has 1 rings (SSSR count). The fraction of sp³-hybridized carbons (Fsp3) is 0.640. The number of unbranched alkanes of at least 4 members (excludes halogenated alkanes) is 4. The first-order valence-electron chi connectivity index (χ1n) is 11.4. The zero-order chi connectivity index (χ0) is 23.1. The van der Waals surface area contributed by atoms with E-state index < -0.39 is 17.5 Å². The number of hydrogen-bond donors (Lipinski definition) is 1. The van der Waals surface area contributed by atoms with Gasteiger partial charge in [-0.3, -0.25) is 14.4 Å². The highest BCUT2D eigenvalue weighted by molar-refractivity contribution is 5.74. The maximum Gasteiger partial charge on any atom is 0.302 e. The highest BCUT2D eigenvalue weighted by atomic mass is 16.5. The van der Waals surface area contributed by atoms with Crippen molar-refractivity contribution in [1.29, 1.82) is 0 Å². The maximum absolute atomic E-state index is 11.8. The van der Waals surface area contributed by atoms with E-state index in [0.717, 1.165) is 19.3 Å². The molecule has 0 heterocycles. The number of benzene rings is 1. The number of rotatable bonds is 15. The number of aryl methyl sites for hydroxylation is 2. The Balaban J connectivity index is 2.64. The minimum absolute atomic E-state index is 0.0356. The van der Waals surface area contributed by atoms with Crippen molar-refractivity contribution in [1.82, 2.24) is 5.32 Å². The van der Waals surface area contributed by atoms with Gasteiger partial charge in [-0.1, -0.05) is 56.9 Å². The summed E-state index contributed by atoms with van der Waals surface area (Å²) >= 11 is 0. The number of amides is 1. The third-order valence-electron chi connectivity index (χ3n) is 5.26. The maximum atomic E-state index is 11.8. The molecule has 6 heteroatoms. The molecule has 0 aliphatic rings. The highest BCUT2D eigenvalue weighted by Crippen LogP contribution is 2.19. The summed E-state index contributed by atoms with van der Waals surface area (Å²) in [7, 11) is 0. The quantitative estimate of drug-likeness (QED) is 0.325. The Hall–Kier alpha value is -2.37. The Morgan fingerprint density at radius 2 is 1.26 bits per heavy atom. The van der Waals surface area contributed by atoms with Gasteiger partial charge in [-0.2, -0.15) is 0 Å². The second-order valence-corrected chi connectivity index (χ2v) is 8.36. The lowest BCUT2D eigenvalue weighted by atomic mass is 9.92. The molecule has 6 nitrogen and oxygen atoms in total. The minimum Gasteiger partial charge on any atom is -0.463 e. The van der Waals surface area contributed by atoms with E-state index in [2.05, 4.69) is 36.5 Å². The molecular formula is C25H39NO5. The third-order valence-corrected chi connectivity index (χ3v) is 5.26. The van der Waals surface area contributed by atoms with Gasteiger partial charge >= 0.3 is 11.9 Å². The summed E-state index contributed by atoms with van der Waals surface area (Å²) in [5.74, 6) is -1.15. The first kappa shape index (κ1) is 26.7. The summed E-state index contributed by atoms with van der Waals surface area (Å²) in [4.78, 5) is 34.4. The van der Waals surface area contributed by atoms with Crippen molar-refractivity contribution in [3.8, 4) is 0 Å². The predicted molar refractivity (Wildman–Crippen MR) is 122 cm³/mol. The van der Waals surface area contributed by atoms with Gasteiger partial charge in [0.15, 0.2) is 0 Å². The first-order valence-corrected chi connectivity index (χ1v) is 11.4. The van der Waals surface area contributed by atoms with Crippen molar-refractivity contribution in [2.24, 2.45) is 0 Å². The van der Waals surface area contributed by atoms with E-state index in [1.807, 2.05) is 0 Å². The van der Waals surface area contributed by atoms with Crippen LogP contribution < -0.4 is 5.32 Å². The minimum atomic E-state index is -0.929. The first-order chi connectivity index (χ1) is 14.8. The van der Waals surface area contributed by atoms with Crippen molar-refractivity contribution in [2.75, 3.05) is 13.2 Å². The molecule has 1 aromatic carbocycles. The Bertz CT molecular complexity index is 666. The molecule has 0 bridgehead atoms. The molecule has 0 saturated heterocycles. The van der Waals surface area contributed by atoms with Crippen LogP contribution in [0.25, 0.3) is 0 Å². The molecule has 1 aromatic rings. The van der Waals surface area contributed by atoms with Crippen LogP contribution in [0.15, 0.2) is 24.3 Å². The SMILES string of the molecule is CCCCCCCc1ccc(CCCC(COC(C)=O)(COC(C)=O)NC(C)=O)cc1. The van der Waals surface area contributed by atoms with Crippen LogP contribution in [0.1, 0.15) is 83.8 Å². The number of esters is 2. The van der Waals surface area contributed by atoms with Crippen LogP contribution in [0, 0.1) is 0 Å². The molecule has 0 spiro atoms. The van der Waals surface area contributed by atoms with Crippen LogP contribution in [0.4, 0.5) is 0 Å². The van der Waals surface area contributed by atoms with E-state index in [9.17, 15) is 14.4 Å². The van der Waals surface area contributed by atoms with E-state index in [1.54, 1.807) is 0 Å². The Kier molecular flexibility index (Phi) is 12.6. The molecule has 174 valence electrons. The molecule has 0 atom stereocenters. The number of nitrogens with one attached hydrogen (secondary N) is 1. The van der Waals surface area contributed by atoms with Crippen molar-refractivity contribution < 1.29 is 23.9 Å². The molecule has 0 aliphatic carbocycles. The van der Waals surface area contributed by atoms with E-state index in [-0.39, 0.29) is 19.1 Å². The predicted octanol–water partition coefficient (Wildman–Crippen LogP) is 4.52. The van der Waals surface area contributed by atoms with Crippen LogP contribution in [0.2, 0.25) is 0 Å². The number of ether oxygens (including phenoxy) is 2. The van der Waals surface area contributed by atoms with Crippen molar-refractivity contribution >= 4 is 17.8 Å². The second kappa shape index (κ2) is 14.6. The highest BCUT2D eigenvalue weighted by Gasteiger charge is 2.33. The summed E-state index contributed by atoms with van der Waals surface area (Å²) < 4.78 is 10.4. The second-order valence-electron chi connectivity index (χ2n) is 8.36. The third kappa shape index (κ3) is 12.2. The largest absolute Gasteiger partial charge is 0.463 e. The van der Waals surface area contributed by atoms with Gasteiger partial charge in [0, 0.05) is 20.8 Å². The summed E-state index contributed by atoms with van der Waals surface area (Å²) in [5.41, 5.74) is 1.64. The van der Waals surface area contributed by atoms with E-state index in [4.69, 9.17) is 9.47 Å². The molecule has 31 heavy (non-hydrogen) atoms. The van der Waals surface area contributed by atoms with E-state index >= 15 is 0 Å². The molecule has 0 aliphatic heterocycles. The van der Waals surface area contributed by atoms with Crippen LogP contribution in [-0.4, -0.2) is 36.6 Å². The van der Waals surface area contributed by atoms with E-state index in [0.29, 0.717) is 6.42 Å². The Labute approximate surface area is 187 Å². The normalized spacial score (nSPS) is 11.1. The Morgan fingerprint density at radius 3 is 1.71 bits per heavy atom. The number of carbonyl (C=O) groups excluding carboxylic acids is 3. The summed E-state index contributed by atoms with van der Waals surface area (Å²) in [6.07, 6.45) is 9.60. The number of carbonyl (C=O) groups is 3. The molecule has 0 fully saturated rings. The molecule has 0 radical (unpaired) electrons. The van der Waals surface area contributed by atoms with Gasteiger partial charge in [0.25, 0.3) is 0 Å². The van der Waals surface area contributed by atoms with E-state index in [1.165, 1.54) is 64.0 Å². The average Bonchev–Trinajstić information content (AvgIpc) is 2.71. The lowest BCUT2D eigenvalue weighted by Gasteiger charge is -2.33. The smallest absolute Gasteiger partial charge is 0.302 e. The fourth-order valence-electron chi connectivity index (χ4n) is 3.61. The van der Waals surface area contributed by atoms with Crippen LogP contribution in [0.5, 0.6) is 0 Å². The van der Waals surface area contributed by atoms with Gasteiger partial charge in [-0.15, -0.1) is 0 Å². The van der Waals surface area contributed by atoms with Gasteiger partial charge in [-0.05, 0) is 43.2 Å².